The molecule has 0 aromatic heterocycles. The monoisotopic (exact) mass is 391 g/mol. The molecule has 1 saturated heterocycles. The Morgan fingerprint density at radius 2 is 1.92 bits per heavy atom. The van der Waals surface area contributed by atoms with Crippen LogP contribution in [0.3, 0.4) is 0 Å². The fraction of sp³-hybridized carbons (Fsp3) is 0.625. The second kappa shape index (κ2) is 7.51. The Balaban J connectivity index is 2.48. The fourth-order valence-electron chi connectivity index (χ4n) is 2.92. The van der Waals surface area contributed by atoms with Crippen molar-refractivity contribution in [2.75, 3.05) is 32.3 Å². The predicted octanol–water partition coefficient (Wildman–Crippen LogP) is 1.54. The highest BCUT2D eigenvalue weighted by molar-refractivity contribution is 7.92. The van der Waals surface area contributed by atoms with Gasteiger partial charge in [0.15, 0.2) is 9.84 Å². The lowest BCUT2D eigenvalue weighted by Crippen LogP contribution is -2.43. The highest BCUT2D eigenvalue weighted by Crippen LogP contribution is 2.33. The van der Waals surface area contributed by atoms with Crippen LogP contribution in [0.1, 0.15) is 20.3 Å². The molecular formula is C16H25NO6S2. The summed E-state index contributed by atoms with van der Waals surface area (Å²) < 4.78 is 61.8. The van der Waals surface area contributed by atoms with Gasteiger partial charge in [-0.3, -0.25) is 0 Å². The topological polar surface area (TPSA) is 90.0 Å². The highest BCUT2D eigenvalue weighted by atomic mass is 32.2. The van der Waals surface area contributed by atoms with E-state index in [4.69, 9.17) is 9.47 Å². The van der Waals surface area contributed by atoms with E-state index in [1.54, 1.807) is 6.07 Å². The van der Waals surface area contributed by atoms with Crippen molar-refractivity contribution in [1.82, 2.24) is 4.31 Å². The average molecular weight is 392 g/mol. The molecule has 7 nitrogen and oxygen atoms in total. The van der Waals surface area contributed by atoms with Crippen LogP contribution in [0.5, 0.6) is 11.5 Å². The van der Waals surface area contributed by atoms with Crippen molar-refractivity contribution in [2.45, 2.75) is 31.2 Å². The number of ether oxygens (including phenoxy) is 2. The summed E-state index contributed by atoms with van der Waals surface area (Å²) in [6.07, 6.45) is 0.312. The number of methoxy groups -OCH3 is 2. The van der Waals surface area contributed by atoms with Gasteiger partial charge in [0.05, 0.1) is 25.7 Å². The lowest BCUT2D eigenvalue weighted by molar-refractivity contribution is 0.305. The Hall–Kier alpha value is -1.32. The smallest absolute Gasteiger partial charge is 0.247 e. The minimum Gasteiger partial charge on any atom is -0.497 e. The van der Waals surface area contributed by atoms with Crippen molar-refractivity contribution in [3.8, 4) is 11.5 Å². The van der Waals surface area contributed by atoms with Crippen LogP contribution in [0, 0.1) is 5.92 Å². The molecule has 1 fully saturated rings. The molecule has 0 amide bonds. The van der Waals surface area contributed by atoms with Gasteiger partial charge in [0.2, 0.25) is 10.0 Å². The summed E-state index contributed by atoms with van der Waals surface area (Å²) in [4.78, 5) is 0.0146. The van der Waals surface area contributed by atoms with Crippen LogP contribution in [-0.4, -0.2) is 59.5 Å². The maximum absolute atomic E-state index is 13.3. The average Bonchev–Trinajstić information content (AvgIpc) is 2.91. The number of sulfonamides is 1. The van der Waals surface area contributed by atoms with Crippen molar-refractivity contribution in [3.05, 3.63) is 18.2 Å². The van der Waals surface area contributed by atoms with Crippen LogP contribution in [0.15, 0.2) is 23.1 Å². The minimum absolute atomic E-state index is 0.0146. The van der Waals surface area contributed by atoms with Crippen LogP contribution >= 0.6 is 0 Å². The third kappa shape index (κ3) is 4.45. The van der Waals surface area contributed by atoms with E-state index in [-0.39, 0.29) is 34.6 Å². The van der Waals surface area contributed by atoms with Gasteiger partial charge in [-0.25, -0.2) is 16.8 Å². The van der Waals surface area contributed by atoms with Crippen molar-refractivity contribution >= 4 is 19.9 Å². The molecule has 1 aliphatic rings. The van der Waals surface area contributed by atoms with E-state index >= 15 is 0 Å². The van der Waals surface area contributed by atoms with Gasteiger partial charge in [0, 0.05) is 18.7 Å². The third-order valence-corrected chi connectivity index (χ3v) is 7.83. The largest absolute Gasteiger partial charge is 0.497 e. The number of sulfone groups is 1. The van der Waals surface area contributed by atoms with Crippen molar-refractivity contribution in [1.29, 1.82) is 0 Å². The summed E-state index contributed by atoms with van der Waals surface area (Å²) in [6, 6.07) is 3.94. The zero-order valence-corrected chi connectivity index (χ0v) is 16.6. The Bertz CT molecular complexity index is 817. The van der Waals surface area contributed by atoms with E-state index in [9.17, 15) is 16.8 Å². The van der Waals surface area contributed by atoms with E-state index in [1.165, 1.54) is 30.7 Å². The summed E-state index contributed by atoms with van der Waals surface area (Å²) in [5.41, 5.74) is 0. The molecule has 1 aromatic rings. The molecule has 0 radical (unpaired) electrons. The van der Waals surface area contributed by atoms with E-state index in [2.05, 4.69) is 0 Å². The van der Waals surface area contributed by atoms with Crippen LogP contribution in [0.2, 0.25) is 0 Å². The zero-order valence-electron chi connectivity index (χ0n) is 14.9. The van der Waals surface area contributed by atoms with Crippen molar-refractivity contribution < 1.29 is 26.3 Å². The molecule has 0 aliphatic carbocycles. The summed E-state index contributed by atoms with van der Waals surface area (Å²) in [5, 5.41) is 0. The Kier molecular flexibility index (Phi) is 6.01. The summed E-state index contributed by atoms with van der Waals surface area (Å²) in [5.74, 6) is 0.588. The van der Waals surface area contributed by atoms with Crippen molar-refractivity contribution in [2.24, 2.45) is 5.92 Å². The van der Waals surface area contributed by atoms with Crippen LogP contribution < -0.4 is 9.47 Å². The lowest BCUT2D eigenvalue weighted by Gasteiger charge is -2.29. The molecule has 0 unspecified atom stereocenters. The lowest BCUT2D eigenvalue weighted by atomic mass is 10.2. The molecule has 1 aliphatic heterocycles. The summed E-state index contributed by atoms with van der Waals surface area (Å²) in [6.45, 7) is 4.05. The second-order valence-electron chi connectivity index (χ2n) is 6.54. The van der Waals surface area contributed by atoms with Gasteiger partial charge in [-0.2, -0.15) is 4.31 Å². The standard InChI is InChI=1S/C16H25NO6S2/c1-12(2)10-17(13-7-8-24(18,19)11-13)25(20,21)16-6-5-14(22-3)9-15(16)23-4/h5-6,9,12-13H,7-8,10-11H2,1-4H3/t13-/m0/s1. The molecule has 1 aromatic carbocycles. The van der Waals surface area contributed by atoms with E-state index in [1.807, 2.05) is 13.8 Å². The van der Waals surface area contributed by atoms with Crippen molar-refractivity contribution in [3.63, 3.8) is 0 Å². The second-order valence-corrected chi connectivity index (χ2v) is 10.6. The first-order valence-corrected chi connectivity index (χ1v) is 11.3. The molecule has 2 rings (SSSR count). The van der Waals surface area contributed by atoms with Crippen LogP contribution in [0.4, 0.5) is 0 Å². The fourth-order valence-corrected chi connectivity index (χ4v) is 6.70. The van der Waals surface area contributed by atoms with Gasteiger partial charge in [-0.1, -0.05) is 13.8 Å². The molecule has 1 atom stereocenters. The molecule has 0 bridgehead atoms. The Labute approximate surface area is 149 Å². The normalized spacial score (nSPS) is 20.2. The number of hydrogen-bond acceptors (Lipinski definition) is 6. The number of hydrogen-bond donors (Lipinski definition) is 0. The molecule has 25 heavy (non-hydrogen) atoms. The van der Waals surface area contributed by atoms with E-state index in [0.29, 0.717) is 12.2 Å². The van der Waals surface area contributed by atoms with Crippen LogP contribution in [0.25, 0.3) is 0 Å². The van der Waals surface area contributed by atoms with Gasteiger partial charge >= 0.3 is 0 Å². The molecule has 0 spiro atoms. The molecular weight excluding hydrogens is 366 g/mol. The van der Waals surface area contributed by atoms with Gasteiger partial charge < -0.3 is 9.47 Å². The quantitative estimate of drug-likeness (QED) is 0.700. The summed E-state index contributed by atoms with van der Waals surface area (Å²) in [7, 11) is -4.24. The molecule has 1 heterocycles. The third-order valence-electron chi connectivity index (χ3n) is 4.12. The Morgan fingerprint density at radius 1 is 1.24 bits per heavy atom. The van der Waals surface area contributed by atoms with E-state index in [0.717, 1.165) is 0 Å². The first kappa shape index (κ1) is 20.0. The maximum Gasteiger partial charge on any atom is 0.247 e. The number of benzene rings is 1. The number of nitrogens with zero attached hydrogens (tertiary/aromatic N) is 1. The summed E-state index contributed by atoms with van der Waals surface area (Å²) >= 11 is 0. The molecule has 9 heteroatoms. The van der Waals surface area contributed by atoms with E-state index < -0.39 is 25.9 Å². The Morgan fingerprint density at radius 3 is 2.40 bits per heavy atom. The van der Waals surface area contributed by atoms with Gasteiger partial charge in [-0.15, -0.1) is 0 Å². The maximum atomic E-state index is 13.3. The first-order valence-electron chi connectivity index (χ1n) is 8.05. The predicted molar refractivity (Wildman–Crippen MR) is 95.3 cm³/mol. The molecule has 142 valence electrons. The van der Waals surface area contributed by atoms with Gasteiger partial charge in [0.1, 0.15) is 16.4 Å². The first-order chi connectivity index (χ1) is 11.6. The SMILES string of the molecule is COc1ccc(S(=O)(=O)N(CC(C)C)[C@H]2CCS(=O)(=O)C2)c(OC)c1. The molecule has 0 saturated carbocycles. The van der Waals surface area contributed by atoms with Crippen LogP contribution in [-0.2, 0) is 19.9 Å². The highest BCUT2D eigenvalue weighted by Gasteiger charge is 2.40. The van der Waals surface area contributed by atoms with Gasteiger partial charge in [0.25, 0.3) is 0 Å². The minimum atomic E-state index is -3.91. The van der Waals surface area contributed by atoms with Gasteiger partial charge in [-0.05, 0) is 24.5 Å². The zero-order chi connectivity index (χ0) is 18.8. The number of rotatable bonds is 7. The molecule has 0 N–H and O–H groups in total.